The fourth-order valence-electron chi connectivity index (χ4n) is 5.63. The first-order chi connectivity index (χ1) is 9.63. The topological polar surface area (TPSA) is 15.3 Å². The summed E-state index contributed by atoms with van der Waals surface area (Å²) < 4.78 is 0. The molecule has 3 rings (SSSR count). The minimum absolute atomic E-state index is 0.458. The molecule has 2 heteroatoms. The molecule has 4 atom stereocenters. The smallest absolute Gasteiger partial charge is 0.0271 e. The maximum atomic E-state index is 3.70. The lowest BCUT2D eigenvalue weighted by molar-refractivity contribution is -0.0256. The number of nitrogens with one attached hydrogen (secondary N) is 1. The summed E-state index contributed by atoms with van der Waals surface area (Å²) in [6, 6.07) is 2.37. The molecule has 0 aromatic rings. The maximum absolute atomic E-state index is 3.70. The Labute approximate surface area is 125 Å². The van der Waals surface area contributed by atoms with Crippen molar-refractivity contribution in [2.45, 2.75) is 89.8 Å². The van der Waals surface area contributed by atoms with E-state index in [0.717, 1.165) is 18.0 Å². The number of nitrogens with zero attached hydrogens (tertiary/aromatic N) is 1. The molecule has 1 aliphatic heterocycles. The van der Waals surface area contributed by atoms with Crippen molar-refractivity contribution < 1.29 is 0 Å². The molecule has 3 aliphatic rings. The molecule has 0 amide bonds. The first-order valence-corrected chi connectivity index (χ1v) is 9.06. The number of fused-ring (bicyclic) bond motifs is 1. The van der Waals surface area contributed by atoms with Gasteiger partial charge in [0.25, 0.3) is 0 Å². The van der Waals surface area contributed by atoms with Crippen molar-refractivity contribution in [2.24, 2.45) is 11.3 Å². The summed E-state index contributed by atoms with van der Waals surface area (Å²) in [5, 5.41) is 3.70. The molecule has 2 unspecified atom stereocenters. The zero-order valence-electron chi connectivity index (χ0n) is 13.8. The van der Waals surface area contributed by atoms with Gasteiger partial charge in [0, 0.05) is 18.1 Å². The minimum atomic E-state index is 0.458. The van der Waals surface area contributed by atoms with Crippen LogP contribution >= 0.6 is 0 Å². The summed E-state index contributed by atoms with van der Waals surface area (Å²) in [5.74, 6) is 1.01. The molecule has 0 spiro atoms. The fourth-order valence-corrected chi connectivity index (χ4v) is 5.63. The summed E-state index contributed by atoms with van der Waals surface area (Å²) in [7, 11) is 2.19. The molecule has 0 aromatic heterocycles. The summed E-state index contributed by atoms with van der Waals surface area (Å²) >= 11 is 0. The van der Waals surface area contributed by atoms with E-state index in [0.29, 0.717) is 11.5 Å². The van der Waals surface area contributed by atoms with Crippen LogP contribution in [0.4, 0.5) is 0 Å². The zero-order chi connectivity index (χ0) is 14.2. The van der Waals surface area contributed by atoms with Crippen LogP contribution in [0.5, 0.6) is 0 Å². The summed E-state index contributed by atoms with van der Waals surface area (Å²) in [6.07, 6.45) is 13.1. The lowest BCUT2D eigenvalue weighted by atomic mass is 9.68. The van der Waals surface area contributed by atoms with Gasteiger partial charge in [-0.1, -0.05) is 33.1 Å². The zero-order valence-corrected chi connectivity index (χ0v) is 13.8. The van der Waals surface area contributed by atoms with E-state index in [9.17, 15) is 0 Å². The Balaban J connectivity index is 1.78. The van der Waals surface area contributed by atoms with Crippen molar-refractivity contribution in [1.82, 2.24) is 10.2 Å². The molecular formula is C18H34N2. The molecule has 0 bridgehead atoms. The van der Waals surface area contributed by atoms with Crippen molar-refractivity contribution in [2.75, 3.05) is 13.6 Å². The number of hydrogen-bond donors (Lipinski definition) is 1. The van der Waals surface area contributed by atoms with Crippen LogP contribution in [-0.2, 0) is 0 Å². The average molecular weight is 278 g/mol. The van der Waals surface area contributed by atoms with Crippen LogP contribution in [0.2, 0.25) is 0 Å². The standard InChI is InChI=1S/C18H34N2/c1-18(2)12-6-11-16(17(18)19-3)20-13-7-9-14-8-4-5-10-15(14)20/h14-17,19H,4-13H2,1-3H3/t14-,15-,16?,17?/m1/s1. The first-order valence-electron chi connectivity index (χ1n) is 9.06. The van der Waals surface area contributed by atoms with Crippen LogP contribution in [0.1, 0.15) is 71.6 Å². The van der Waals surface area contributed by atoms with Crippen molar-refractivity contribution in [1.29, 1.82) is 0 Å². The average Bonchev–Trinajstić information content (AvgIpc) is 2.45. The molecule has 2 saturated carbocycles. The molecule has 2 nitrogen and oxygen atoms in total. The molecule has 116 valence electrons. The Hall–Kier alpha value is -0.0800. The van der Waals surface area contributed by atoms with Crippen molar-refractivity contribution in [3.8, 4) is 0 Å². The van der Waals surface area contributed by atoms with Gasteiger partial charge in [0.1, 0.15) is 0 Å². The van der Waals surface area contributed by atoms with Gasteiger partial charge in [-0.3, -0.25) is 4.90 Å². The van der Waals surface area contributed by atoms with E-state index in [2.05, 4.69) is 31.1 Å². The Kier molecular flexibility index (Phi) is 4.42. The van der Waals surface area contributed by atoms with Gasteiger partial charge in [-0.15, -0.1) is 0 Å². The second kappa shape index (κ2) is 5.96. The van der Waals surface area contributed by atoms with Crippen LogP contribution in [0, 0.1) is 11.3 Å². The molecule has 1 N–H and O–H groups in total. The number of likely N-dealkylation sites (tertiary alicyclic amines) is 1. The van der Waals surface area contributed by atoms with Gasteiger partial charge in [-0.2, -0.15) is 0 Å². The van der Waals surface area contributed by atoms with Crippen molar-refractivity contribution in [3.05, 3.63) is 0 Å². The quantitative estimate of drug-likeness (QED) is 0.826. The molecular weight excluding hydrogens is 244 g/mol. The van der Waals surface area contributed by atoms with E-state index in [1.807, 2.05) is 0 Å². The van der Waals surface area contributed by atoms with Crippen LogP contribution in [0.15, 0.2) is 0 Å². The normalized spacial score (nSPS) is 42.1. The largest absolute Gasteiger partial charge is 0.315 e. The highest BCUT2D eigenvalue weighted by molar-refractivity contribution is 5.01. The van der Waals surface area contributed by atoms with E-state index < -0.39 is 0 Å². The Morgan fingerprint density at radius 3 is 2.40 bits per heavy atom. The van der Waals surface area contributed by atoms with Crippen molar-refractivity contribution in [3.63, 3.8) is 0 Å². The molecule has 1 heterocycles. The van der Waals surface area contributed by atoms with E-state index in [1.54, 1.807) is 0 Å². The monoisotopic (exact) mass is 278 g/mol. The second-order valence-corrected chi connectivity index (χ2v) is 8.21. The Bertz CT molecular complexity index is 323. The highest BCUT2D eigenvalue weighted by atomic mass is 15.2. The fraction of sp³-hybridized carbons (Fsp3) is 1.00. The van der Waals surface area contributed by atoms with Gasteiger partial charge in [-0.25, -0.2) is 0 Å². The van der Waals surface area contributed by atoms with Gasteiger partial charge in [0.2, 0.25) is 0 Å². The van der Waals surface area contributed by atoms with Gasteiger partial charge < -0.3 is 5.32 Å². The van der Waals surface area contributed by atoms with Crippen LogP contribution in [0.25, 0.3) is 0 Å². The van der Waals surface area contributed by atoms with E-state index >= 15 is 0 Å². The number of rotatable bonds is 2. The third-order valence-corrected chi connectivity index (χ3v) is 6.57. The van der Waals surface area contributed by atoms with E-state index in [-0.39, 0.29) is 0 Å². The summed E-state index contributed by atoms with van der Waals surface area (Å²) in [4.78, 5) is 2.95. The number of hydrogen-bond acceptors (Lipinski definition) is 2. The molecule has 2 aliphatic carbocycles. The van der Waals surface area contributed by atoms with Gasteiger partial charge in [-0.05, 0) is 63.5 Å². The lowest BCUT2D eigenvalue weighted by Gasteiger charge is -2.54. The SMILES string of the molecule is CNC1C(N2CCC[C@H]3CCCC[C@H]32)CCCC1(C)C. The summed E-state index contributed by atoms with van der Waals surface area (Å²) in [6.45, 7) is 6.31. The summed E-state index contributed by atoms with van der Waals surface area (Å²) in [5.41, 5.74) is 0.458. The first kappa shape index (κ1) is 14.8. The van der Waals surface area contributed by atoms with E-state index in [4.69, 9.17) is 0 Å². The van der Waals surface area contributed by atoms with E-state index in [1.165, 1.54) is 64.3 Å². The molecule has 0 radical (unpaired) electrons. The highest BCUT2D eigenvalue weighted by Gasteiger charge is 2.44. The third-order valence-electron chi connectivity index (χ3n) is 6.57. The third kappa shape index (κ3) is 2.66. The Morgan fingerprint density at radius 2 is 1.60 bits per heavy atom. The predicted octanol–water partition coefficient (Wildman–Crippen LogP) is 3.81. The van der Waals surface area contributed by atoms with Gasteiger partial charge in [0.05, 0.1) is 0 Å². The second-order valence-electron chi connectivity index (χ2n) is 8.21. The molecule has 3 fully saturated rings. The number of likely N-dealkylation sites (N-methyl/N-ethyl adjacent to an activating group) is 1. The Morgan fingerprint density at radius 1 is 0.900 bits per heavy atom. The highest BCUT2D eigenvalue weighted by Crippen LogP contribution is 2.42. The number of piperidine rings is 1. The van der Waals surface area contributed by atoms with Crippen molar-refractivity contribution >= 4 is 0 Å². The van der Waals surface area contributed by atoms with Crippen LogP contribution in [-0.4, -0.2) is 36.6 Å². The van der Waals surface area contributed by atoms with Gasteiger partial charge >= 0.3 is 0 Å². The molecule has 1 saturated heterocycles. The van der Waals surface area contributed by atoms with Crippen LogP contribution < -0.4 is 5.32 Å². The van der Waals surface area contributed by atoms with Gasteiger partial charge in [0.15, 0.2) is 0 Å². The predicted molar refractivity (Wildman–Crippen MR) is 86.0 cm³/mol. The van der Waals surface area contributed by atoms with Crippen LogP contribution in [0.3, 0.4) is 0 Å². The minimum Gasteiger partial charge on any atom is -0.315 e. The molecule has 20 heavy (non-hydrogen) atoms. The molecule has 0 aromatic carbocycles. The lowest BCUT2D eigenvalue weighted by Crippen LogP contribution is -2.62. The maximum Gasteiger partial charge on any atom is 0.0271 e.